The molecule has 1 heterocycles. The van der Waals surface area contributed by atoms with Gasteiger partial charge in [-0.2, -0.15) is 5.26 Å². The molecule has 0 aliphatic heterocycles. The quantitative estimate of drug-likeness (QED) is 0.729. The summed E-state index contributed by atoms with van der Waals surface area (Å²) in [6, 6.07) is 8.03. The van der Waals surface area contributed by atoms with Crippen molar-refractivity contribution in [2.45, 2.75) is 20.3 Å². The lowest BCUT2D eigenvalue weighted by atomic mass is 10.1. The number of aryl methyl sites for hydroxylation is 1. The Balaban J connectivity index is 2.77. The first-order valence-electron chi connectivity index (χ1n) is 5.12. The van der Waals surface area contributed by atoms with Crippen LogP contribution in [0.2, 0.25) is 0 Å². The molecule has 0 atom stereocenters. The van der Waals surface area contributed by atoms with E-state index in [-0.39, 0.29) is 5.91 Å². The van der Waals surface area contributed by atoms with E-state index in [9.17, 15) is 4.79 Å². The highest BCUT2D eigenvalue weighted by atomic mass is 16.1. The molecule has 0 radical (unpaired) electrons. The topological polar surface area (TPSA) is 45.8 Å². The van der Waals surface area contributed by atoms with Crippen molar-refractivity contribution in [3.8, 4) is 6.07 Å². The van der Waals surface area contributed by atoms with E-state index in [0.29, 0.717) is 6.42 Å². The summed E-state index contributed by atoms with van der Waals surface area (Å²) in [4.78, 5) is 11.4. The summed E-state index contributed by atoms with van der Waals surface area (Å²) in [5.41, 5.74) is 2.92. The first-order valence-corrected chi connectivity index (χ1v) is 5.12. The zero-order chi connectivity index (χ0) is 11.7. The Hall–Kier alpha value is -2.08. The van der Waals surface area contributed by atoms with Gasteiger partial charge in [0.15, 0.2) is 0 Å². The Labute approximate surface area is 93.9 Å². The summed E-state index contributed by atoms with van der Waals surface area (Å²) in [5.74, 6) is -0.0296. The predicted octanol–water partition coefficient (Wildman–Crippen LogP) is 2.68. The molecule has 0 unspecified atom stereocenters. The number of aromatic nitrogens is 1. The molecule has 1 aromatic carbocycles. The van der Waals surface area contributed by atoms with Gasteiger partial charge in [-0.25, -0.2) is 0 Å². The second-order valence-corrected chi connectivity index (χ2v) is 3.90. The maximum absolute atomic E-state index is 11.4. The van der Waals surface area contributed by atoms with Crippen molar-refractivity contribution in [2.75, 3.05) is 0 Å². The van der Waals surface area contributed by atoms with Crippen LogP contribution in [0.3, 0.4) is 0 Å². The van der Waals surface area contributed by atoms with E-state index in [1.807, 2.05) is 25.1 Å². The van der Waals surface area contributed by atoms with Crippen LogP contribution in [0.5, 0.6) is 0 Å². The maximum atomic E-state index is 11.4. The fourth-order valence-electron chi connectivity index (χ4n) is 1.90. The third-order valence-electron chi connectivity index (χ3n) is 2.65. The molecular weight excluding hydrogens is 200 g/mol. The molecule has 2 aromatic rings. The van der Waals surface area contributed by atoms with Gasteiger partial charge < -0.3 is 0 Å². The van der Waals surface area contributed by atoms with Gasteiger partial charge in [0.2, 0.25) is 5.91 Å². The van der Waals surface area contributed by atoms with Gasteiger partial charge in [0.05, 0.1) is 18.0 Å². The Morgan fingerprint density at radius 1 is 1.50 bits per heavy atom. The molecule has 0 aliphatic carbocycles. The Morgan fingerprint density at radius 3 is 2.88 bits per heavy atom. The smallest absolute Gasteiger partial charge is 0.227 e. The number of nitriles is 1. The SMILES string of the molecule is CC(=O)n1cc(CC#N)c2cc(C)ccc21. The largest absolute Gasteiger partial charge is 0.287 e. The molecule has 0 bridgehead atoms. The molecule has 80 valence electrons. The number of hydrogen-bond donors (Lipinski definition) is 0. The van der Waals surface area contributed by atoms with Crippen LogP contribution in [-0.4, -0.2) is 10.5 Å². The summed E-state index contributed by atoms with van der Waals surface area (Å²) in [6.45, 7) is 3.52. The predicted molar refractivity (Wildman–Crippen MR) is 62.3 cm³/mol. The molecule has 1 aromatic heterocycles. The maximum Gasteiger partial charge on any atom is 0.227 e. The zero-order valence-electron chi connectivity index (χ0n) is 9.32. The number of nitrogens with zero attached hydrogens (tertiary/aromatic N) is 2. The van der Waals surface area contributed by atoms with Gasteiger partial charge in [0.25, 0.3) is 0 Å². The standard InChI is InChI=1S/C13H12N2O/c1-9-3-4-13-12(7-9)11(5-6-14)8-15(13)10(2)16/h3-4,7-8H,5H2,1-2H3. The lowest BCUT2D eigenvalue weighted by molar-refractivity contribution is 0.0941. The summed E-state index contributed by atoms with van der Waals surface area (Å²) >= 11 is 0. The Kier molecular flexibility index (Phi) is 2.49. The van der Waals surface area contributed by atoms with E-state index in [1.165, 1.54) is 6.92 Å². The van der Waals surface area contributed by atoms with Gasteiger partial charge in [0, 0.05) is 18.5 Å². The average Bonchev–Trinajstić information content (AvgIpc) is 2.58. The van der Waals surface area contributed by atoms with E-state index in [0.717, 1.165) is 22.0 Å². The van der Waals surface area contributed by atoms with Crippen LogP contribution in [0.25, 0.3) is 10.9 Å². The third kappa shape index (κ3) is 1.59. The second kappa shape index (κ2) is 3.82. The molecule has 3 heteroatoms. The second-order valence-electron chi connectivity index (χ2n) is 3.90. The van der Waals surface area contributed by atoms with Gasteiger partial charge in [-0.3, -0.25) is 9.36 Å². The first kappa shape index (κ1) is 10.4. The van der Waals surface area contributed by atoms with Crippen LogP contribution in [0.4, 0.5) is 0 Å². The number of carbonyl (C=O) groups excluding carboxylic acids is 1. The van der Waals surface area contributed by atoms with Crippen molar-refractivity contribution >= 4 is 16.8 Å². The van der Waals surface area contributed by atoms with E-state index >= 15 is 0 Å². The molecule has 0 saturated carbocycles. The minimum Gasteiger partial charge on any atom is -0.287 e. The van der Waals surface area contributed by atoms with Gasteiger partial charge in [-0.05, 0) is 24.6 Å². The Morgan fingerprint density at radius 2 is 2.25 bits per heavy atom. The number of hydrogen-bond acceptors (Lipinski definition) is 2. The van der Waals surface area contributed by atoms with Crippen molar-refractivity contribution < 1.29 is 4.79 Å². The highest BCUT2D eigenvalue weighted by molar-refractivity contribution is 5.94. The molecule has 0 fully saturated rings. The normalized spacial score (nSPS) is 10.3. The number of rotatable bonds is 1. The summed E-state index contributed by atoms with van der Waals surface area (Å²) in [7, 11) is 0. The van der Waals surface area contributed by atoms with Crippen molar-refractivity contribution in [3.63, 3.8) is 0 Å². The number of benzene rings is 1. The third-order valence-corrected chi connectivity index (χ3v) is 2.65. The van der Waals surface area contributed by atoms with E-state index in [4.69, 9.17) is 5.26 Å². The van der Waals surface area contributed by atoms with Crippen LogP contribution in [0.15, 0.2) is 24.4 Å². The van der Waals surface area contributed by atoms with Crippen LogP contribution < -0.4 is 0 Å². The van der Waals surface area contributed by atoms with E-state index in [1.54, 1.807) is 10.8 Å². The van der Waals surface area contributed by atoms with Gasteiger partial charge in [0.1, 0.15) is 0 Å². The van der Waals surface area contributed by atoms with Gasteiger partial charge >= 0.3 is 0 Å². The van der Waals surface area contributed by atoms with Crippen molar-refractivity contribution in [1.82, 2.24) is 4.57 Å². The molecule has 16 heavy (non-hydrogen) atoms. The average molecular weight is 212 g/mol. The first-order chi connectivity index (χ1) is 7.63. The summed E-state index contributed by atoms with van der Waals surface area (Å²) < 4.78 is 1.60. The number of fused-ring (bicyclic) bond motifs is 1. The fourth-order valence-corrected chi connectivity index (χ4v) is 1.90. The monoisotopic (exact) mass is 212 g/mol. The fraction of sp³-hybridized carbons (Fsp3) is 0.231. The van der Waals surface area contributed by atoms with Gasteiger partial charge in [-0.15, -0.1) is 0 Å². The molecule has 0 spiro atoms. The molecule has 0 saturated heterocycles. The minimum atomic E-state index is -0.0296. The van der Waals surface area contributed by atoms with Crippen molar-refractivity contribution in [2.24, 2.45) is 0 Å². The van der Waals surface area contributed by atoms with Gasteiger partial charge in [-0.1, -0.05) is 11.6 Å². The highest BCUT2D eigenvalue weighted by Gasteiger charge is 2.10. The zero-order valence-corrected chi connectivity index (χ0v) is 9.32. The lowest BCUT2D eigenvalue weighted by Gasteiger charge is -1.99. The molecule has 0 N–H and O–H groups in total. The molecule has 0 amide bonds. The minimum absolute atomic E-state index is 0.0296. The summed E-state index contributed by atoms with van der Waals surface area (Å²) in [5, 5.41) is 9.75. The molecule has 3 nitrogen and oxygen atoms in total. The highest BCUT2D eigenvalue weighted by Crippen LogP contribution is 2.23. The van der Waals surface area contributed by atoms with Crippen LogP contribution in [-0.2, 0) is 6.42 Å². The number of carbonyl (C=O) groups is 1. The van der Waals surface area contributed by atoms with E-state index < -0.39 is 0 Å². The lowest BCUT2D eigenvalue weighted by Crippen LogP contribution is -2.02. The molecular formula is C13H12N2O. The molecule has 2 rings (SSSR count). The Bertz CT molecular complexity index is 602. The van der Waals surface area contributed by atoms with Crippen LogP contribution >= 0.6 is 0 Å². The van der Waals surface area contributed by atoms with Crippen molar-refractivity contribution in [3.05, 3.63) is 35.5 Å². The van der Waals surface area contributed by atoms with Crippen molar-refractivity contribution in [1.29, 1.82) is 5.26 Å². The van der Waals surface area contributed by atoms with Crippen LogP contribution in [0.1, 0.15) is 22.8 Å². The summed E-state index contributed by atoms with van der Waals surface area (Å²) in [6.07, 6.45) is 2.09. The van der Waals surface area contributed by atoms with Crippen LogP contribution in [0, 0.1) is 18.3 Å². The molecule has 0 aliphatic rings. The van der Waals surface area contributed by atoms with E-state index in [2.05, 4.69) is 6.07 Å².